The molecule has 0 saturated heterocycles. The van der Waals surface area contributed by atoms with Gasteiger partial charge in [0.05, 0.1) is 0 Å². The largest absolute Gasteiger partial charge is 0.319 e. The fraction of sp³-hybridized carbons (Fsp3) is 0.538. The van der Waals surface area contributed by atoms with Crippen LogP contribution in [0.2, 0.25) is 0 Å². The number of halogens is 1. The first-order chi connectivity index (χ1) is 7.18. The average Bonchev–Trinajstić information content (AvgIpc) is 2.08. The molecule has 80 valence electrons. The number of benzene rings is 1. The van der Waals surface area contributed by atoms with Gasteiger partial charge in [-0.05, 0) is 54.8 Å². The van der Waals surface area contributed by atoms with E-state index in [1.807, 2.05) is 13.1 Å². The molecule has 2 bridgehead atoms. The Morgan fingerprint density at radius 1 is 1.33 bits per heavy atom. The highest BCUT2D eigenvalue weighted by molar-refractivity contribution is 5.39. The van der Waals surface area contributed by atoms with Gasteiger partial charge < -0.3 is 5.32 Å². The van der Waals surface area contributed by atoms with E-state index in [9.17, 15) is 4.39 Å². The summed E-state index contributed by atoms with van der Waals surface area (Å²) in [6.45, 7) is 1.12. The molecular formula is C13H16FN. The van der Waals surface area contributed by atoms with Crippen molar-refractivity contribution in [3.8, 4) is 0 Å². The van der Waals surface area contributed by atoms with Crippen LogP contribution in [0.4, 0.5) is 4.39 Å². The van der Waals surface area contributed by atoms with Crippen LogP contribution in [0.15, 0.2) is 24.3 Å². The molecule has 0 amide bonds. The van der Waals surface area contributed by atoms with Gasteiger partial charge in [0.25, 0.3) is 0 Å². The van der Waals surface area contributed by atoms with Crippen LogP contribution in [-0.4, -0.2) is 13.6 Å². The molecule has 1 aromatic carbocycles. The standard InChI is InChI=1S/C13H16FN/c1-15-9-12-6-13(7-12,8-12)10-3-2-4-11(14)5-10/h2-5,15H,6-9H2,1H3. The summed E-state index contributed by atoms with van der Waals surface area (Å²) in [6, 6.07) is 7.14. The van der Waals surface area contributed by atoms with Gasteiger partial charge in [0.1, 0.15) is 5.82 Å². The highest BCUT2D eigenvalue weighted by atomic mass is 19.1. The number of rotatable bonds is 3. The summed E-state index contributed by atoms with van der Waals surface area (Å²) in [5.41, 5.74) is 2.08. The average molecular weight is 205 g/mol. The zero-order valence-corrected chi connectivity index (χ0v) is 9.02. The summed E-state index contributed by atoms with van der Waals surface area (Å²) in [5.74, 6) is -0.0973. The molecule has 3 aliphatic carbocycles. The minimum atomic E-state index is -0.0973. The molecule has 1 nitrogen and oxygen atoms in total. The topological polar surface area (TPSA) is 12.0 Å². The quantitative estimate of drug-likeness (QED) is 0.799. The molecule has 0 aliphatic heterocycles. The zero-order chi connectivity index (χ0) is 10.5. The van der Waals surface area contributed by atoms with Gasteiger partial charge in [0, 0.05) is 6.54 Å². The van der Waals surface area contributed by atoms with E-state index in [0.717, 1.165) is 6.54 Å². The van der Waals surface area contributed by atoms with E-state index in [1.165, 1.54) is 30.9 Å². The maximum Gasteiger partial charge on any atom is 0.123 e. The van der Waals surface area contributed by atoms with Crippen LogP contribution in [0, 0.1) is 11.2 Å². The van der Waals surface area contributed by atoms with Gasteiger partial charge in [-0.15, -0.1) is 0 Å². The lowest BCUT2D eigenvalue weighted by molar-refractivity contribution is -0.137. The lowest BCUT2D eigenvalue weighted by atomic mass is 9.33. The first-order valence-corrected chi connectivity index (χ1v) is 5.59. The Balaban J connectivity index is 1.78. The molecule has 0 atom stereocenters. The van der Waals surface area contributed by atoms with Crippen LogP contribution in [0.3, 0.4) is 0 Å². The van der Waals surface area contributed by atoms with Crippen LogP contribution in [-0.2, 0) is 5.41 Å². The predicted molar refractivity (Wildman–Crippen MR) is 58.3 cm³/mol. The third kappa shape index (κ3) is 1.18. The Kier molecular flexibility index (Phi) is 1.76. The first-order valence-electron chi connectivity index (χ1n) is 5.59. The first kappa shape index (κ1) is 9.34. The van der Waals surface area contributed by atoms with Crippen molar-refractivity contribution < 1.29 is 4.39 Å². The molecule has 15 heavy (non-hydrogen) atoms. The number of hydrogen-bond donors (Lipinski definition) is 1. The minimum absolute atomic E-state index is 0.0973. The van der Waals surface area contributed by atoms with Crippen LogP contribution < -0.4 is 5.32 Å². The monoisotopic (exact) mass is 205 g/mol. The molecule has 2 heteroatoms. The van der Waals surface area contributed by atoms with Crippen molar-refractivity contribution in [1.29, 1.82) is 0 Å². The second-order valence-corrected chi connectivity index (χ2v) is 5.35. The second kappa shape index (κ2) is 2.82. The van der Waals surface area contributed by atoms with E-state index in [0.29, 0.717) is 10.8 Å². The molecular weight excluding hydrogens is 189 g/mol. The molecule has 4 rings (SSSR count). The lowest BCUT2D eigenvalue weighted by Gasteiger charge is -2.71. The Morgan fingerprint density at radius 3 is 2.67 bits per heavy atom. The molecule has 0 aromatic heterocycles. The predicted octanol–water partition coefficient (Wildman–Crippen LogP) is 2.47. The Bertz CT molecular complexity index is 380. The molecule has 0 radical (unpaired) electrons. The molecule has 3 fully saturated rings. The molecule has 3 aliphatic rings. The Hall–Kier alpha value is -0.890. The molecule has 0 unspecified atom stereocenters. The SMILES string of the molecule is CNCC12CC(c3cccc(F)c3)(C1)C2. The minimum Gasteiger partial charge on any atom is -0.319 e. The van der Waals surface area contributed by atoms with Crippen molar-refractivity contribution >= 4 is 0 Å². The van der Waals surface area contributed by atoms with Crippen molar-refractivity contribution in [1.82, 2.24) is 5.32 Å². The van der Waals surface area contributed by atoms with Crippen molar-refractivity contribution in [2.24, 2.45) is 5.41 Å². The van der Waals surface area contributed by atoms with Crippen LogP contribution in [0.5, 0.6) is 0 Å². The summed E-state index contributed by atoms with van der Waals surface area (Å²) in [5, 5.41) is 3.25. The summed E-state index contributed by atoms with van der Waals surface area (Å²) in [4.78, 5) is 0. The zero-order valence-electron chi connectivity index (χ0n) is 9.02. The van der Waals surface area contributed by atoms with E-state index < -0.39 is 0 Å². The maximum absolute atomic E-state index is 13.1. The third-order valence-corrected chi connectivity index (χ3v) is 4.13. The molecule has 3 saturated carbocycles. The van der Waals surface area contributed by atoms with Gasteiger partial charge in [-0.1, -0.05) is 12.1 Å². The highest BCUT2D eigenvalue weighted by Crippen LogP contribution is 2.73. The van der Waals surface area contributed by atoms with Crippen LogP contribution in [0.1, 0.15) is 24.8 Å². The highest BCUT2D eigenvalue weighted by Gasteiger charge is 2.67. The summed E-state index contributed by atoms with van der Waals surface area (Å²) in [7, 11) is 2.01. The van der Waals surface area contributed by atoms with Gasteiger partial charge in [-0.25, -0.2) is 4.39 Å². The molecule has 0 heterocycles. The van der Waals surface area contributed by atoms with Gasteiger partial charge in [0.15, 0.2) is 0 Å². The van der Waals surface area contributed by atoms with Crippen molar-refractivity contribution in [2.45, 2.75) is 24.7 Å². The van der Waals surface area contributed by atoms with Gasteiger partial charge >= 0.3 is 0 Å². The van der Waals surface area contributed by atoms with E-state index in [4.69, 9.17) is 0 Å². The molecule has 1 aromatic rings. The lowest BCUT2D eigenvalue weighted by Crippen LogP contribution is -2.67. The van der Waals surface area contributed by atoms with E-state index in [-0.39, 0.29) is 5.82 Å². The summed E-state index contributed by atoms with van der Waals surface area (Å²) in [6.07, 6.45) is 3.72. The van der Waals surface area contributed by atoms with Gasteiger partial charge in [-0.2, -0.15) is 0 Å². The van der Waals surface area contributed by atoms with Crippen molar-refractivity contribution in [3.05, 3.63) is 35.6 Å². The Labute approximate surface area is 89.7 Å². The number of hydrogen-bond acceptors (Lipinski definition) is 1. The fourth-order valence-corrected chi connectivity index (χ4v) is 3.69. The van der Waals surface area contributed by atoms with Gasteiger partial charge in [-0.3, -0.25) is 0 Å². The van der Waals surface area contributed by atoms with E-state index in [1.54, 1.807) is 6.07 Å². The maximum atomic E-state index is 13.1. The smallest absolute Gasteiger partial charge is 0.123 e. The third-order valence-electron chi connectivity index (χ3n) is 4.13. The van der Waals surface area contributed by atoms with E-state index >= 15 is 0 Å². The van der Waals surface area contributed by atoms with Crippen molar-refractivity contribution in [2.75, 3.05) is 13.6 Å². The summed E-state index contributed by atoms with van der Waals surface area (Å²) < 4.78 is 13.1. The fourth-order valence-electron chi connectivity index (χ4n) is 3.69. The van der Waals surface area contributed by atoms with Crippen LogP contribution in [0.25, 0.3) is 0 Å². The van der Waals surface area contributed by atoms with Crippen molar-refractivity contribution in [3.63, 3.8) is 0 Å². The van der Waals surface area contributed by atoms with Crippen LogP contribution >= 0.6 is 0 Å². The Morgan fingerprint density at radius 2 is 2.07 bits per heavy atom. The van der Waals surface area contributed by atoms with E-state index in [2.05, 4.69) is 11.4 Å². The summed E-state index contributed by atoms with van der Waals surface area (Å²) >= 11 is 0. The normalized spacial score (nSPS) is 36.9. The second-order valence-electron chi connectivity index (χ2n) is 5.35. The number of nitrogens with one attached hydrogen (secondary N) is 1. The van der Waals surface area contributed by atoms with Gasteiger partial charge in [0.2, 0.25) is 0 Å². The molecule has 0 spiro atoms. The molecule has 1 N–H and O–H groups in total.